The number of halogens is 3. The van der Waals surface area contributed by atoms with Crippen molar-refractivity contribution in [2.45, 2.75) is 12.7 Å². The highest BCUT2D eigenvalue weighted by Crippen LogP contribution is 2.32. The van der Waals surface area contributed by atoms with Crippen molar-refractivity contribution in [2.75, 3.05) is 5.32 Å². The summed E-state index contributed by atoms with van der Waals surface area (Å²) >= 11 is 0. The highest BCUT2D eigenvalue weighted by atomic mass is 19.4. The van der Waals surface area contributed by atoms with E-state index < -0.39 is 17.7 Å². The number of carboxylic acids is 1. The lowest BCUT2D eigenvalue weighted by atomic mass is 10.0. The van der Waals surface area contributed by atoms with E-state index in [-0.39, 0.29) is 5.56 Å². The molecule has 0 spiro atoms. The lowest BCUT2D eigenvalue weighted by Gasteiger charge is -2.11. The van der Waals surface area contributed by atoms with Crippen LogP contribution in [0.4, 0.5) is 18.9 Å². The van der Waals surface area contributed by atoms with Gasteiger partial charge in [0.2, 0.25) is 0 Å². The first-order chi connectivity index (χ1) is 17.3. The fourth-order valence-corrected chi connectivity index (χ4v) is 4.18. The van der Waals surface area contributed by atoms with Crippen molar-refractivity contribution in [3.63, 3.8) is 0 Å². The molecule has 0 fully saturated rings. The van der Waals surface area contributed by atoms with Gasteiger partial charge in [-0.3, -0.25) is 0 Å². The van der Waals surface area contributed by atoms with E-state index in [1.807, 2.05) is 54.7 Å². The minimum absolute atomic E-state index is 0.225. The minimum Gasteiger partial charge on any atom is -0.478 e. The molecule has 5 aromatic rings. The predicted molar refractivity (Wildman–Crippen MR) is 134 cm³/mol. The summed E-state index contributed by atoms with van der Waals surface area (Å²) in [6.45, 7) is 0.522. The van der Waals surface area contributed by atoms with Crippen molar-refractivity contribution in [1.29, 1.82) is 0 Å². The molecule has 0 aliphatic heterocycles. The molecule has 0 atom stereocenters. The fraction of sp³-hybridized carbons (Fsp3) is 0.0690. The molecular weight excluding hydrogens is 465 g/mol. The predicted octanol–water partition coefficient (Wildman–Crippen LogP) is 7.63. The van der Waals surface area contributed by atoms with Gasteiger partial charge in [-0.1, -0.05) is 36.4 Å². The minimum atomic E-state index is -4.35. The molecular formula is C29H21F3N2O2. The SMILES string of the molecule is O=C(O)c1cccc(NCc2cccc(-n3ccc4cc(-c5ccc(C(F)(F)F)cc5)ccc43)c2)c1. The molecule has 0 radical (unpaired) electrons. The van der Waals surface area contributed by atoms with E-state index in [1.165, 1.54) is 12.1 Å². The monoisotopic (exact) mass is 486 g/mol. The van der Waals surface area contributed by atoms with Crippen LogP contribution in [-0.2, 0) is 12.7 Å². The highest BCUT2D eigenvalue weighted by Gasteiger charge is 2.29. The van der Waals surface area contributed by atoms with Gasteiger partial charge in [-0.25, -0.2) is 4.79 Å². The van der Waals surface area contributed by atoms with E-state index in [1.54, 1.807) is 18.2 Å². The van der Waals surface area contributed by atoms with Crippen molar-refractivity contribution in [3.8, 4) is 16.8 Å². The van der Waals surface area contributed by atoms with Crippen LogP contribution >= 0.6 is 0 Å². The summed E-state index contributed by atoms with van der Waals surface area (Å²) in [7, 11) is 0. The molecule has 0 bridgehead atoms. The molecule has 0 saturated heterocycles. The Hall–Kier alpha value is -4.52. The summed E-state index contributed by atoms with van der Waals surface area (Å²) in [6, 6.07) is 27.7. The molecule has 0 unspecified atom stereocenters. The van der Waals surface area contributed by atoms with Crippen molar-refractivity contribution in [1.82, 2.24) is 4.57 Å². The van der Waals surface area contributed by atoms with Gasteiger partial charge in [-0.15, -0.1) is 0 Å². The quantitative estimate of drug-likeness (QED) is 0.260. The second-order valence-corrected chi connectivity index (χ2v) is 8.44. The number of aromatic carboxylic acids is 1. The number of anilines is 1. The van der Waals surface area contributed by atoms with E-state index in [2.05, 4.69) is 16.0 Å². The Morgan fingerprint density at radius 1 is 0.833 bits per heavy atom. The van der Waals surface area contributed by atoms with Gasteiger partial charge in [0, 0.05) is 29.5 Å². The van der Waals surface area contributed by atoms with Crippen LogP contribution in [0.25, 0.3) is 27.7 Å². The largest absolute Gasteiger partial charge is 0.478 e. The number of carboxylic acid groups (broad SMARTS) is 1. The Bertz CT molecular complexity index is 1550. The van der Waals surface area contributed by atoms with E-state index in [0.717, 1.165) is 51.1 Å². The maximum Gasteiger partial charge on any atom is 0.416 e. The molecule has 4 aromatic carbocycles. The Balaban J connectivity index is 1.37. The van der Waals surface area contributed by atoms with Crippen LogP contribution < -0.4 is 5.32 Å². The summed E-state index contributed by atoms with van der Waals surface area (Å²) in [5.74, 6) is -0.971. The molecule has 2 N–H and O–H groups in total. The van der Waals surface area contributed by atoms with Crippen molar-refractivity contribution >= 4 is 22.6 Å². The molecule has 1 heterocycles. The number of nitrogens with zero attached hydrogens (tertiary/aromatic N) is 1. The van der Waals surface area contributed by atoms with Crippen LogP contribution in [0.15, 0.2) is 103 Å². The molecule has 36 heavy (non-hydrogen) atoms. The van der Waals surface area contributed by atoms with Gasteiger partial charge in [0.05, 0.1) is 16.6 Å². The standard InChI is InChI=1S/C29H21F3N2O2/c30-29(31,32)24-10-7-20(8-11-24)21-9-12-27-22(16-21)13-14-34(27)26-6-1-3-19(15-26)18-33-25-5-2-4-23(17-25)28(35)36/h1-17,33H,18H2,(H,35,36). The second-order valence-electron chi connectivity index (χ2n) is 8.44. The second kappa shape index (κ2) is 9.26. The van der Waals surface area contributed by atoms with Gasteiger partial charge >= 0.3 is 12.1 Å². The lowest BCUT2D eigenvalue weighted by molar-refractivity contribution is -0.137. The Morgan fingerprint density at radius 3 is 2.33 bits per heavy atom. The summed E-state index contributed by atoms with van der Waals surface area (Å²) in [6.07, 6.45) is -2.39. The molecule has 4 nitrogen and oxygen atoms in total. The number of hydrogen-bond acceptors (Lipinski definition) is 2. The van der Waals surface area contributed by atoms with Gasteiger partial charge < -0.3 is 15.0 Å². The first-order valence-corrected chi connectivity index (χ1v) is 11.2. The van der Waals surface area contributed by atoms with Gasteiger partial charge in [0.25, 0.3) is 0 Å². The van der Waals surface area contributed by atoms with E-state index >= 15 is 0 Å². The van der Waals surface area contributed by atoms with Crippen molar-refractivity contribution in [2.24, 2.45) is 0 Å². The number of alkyl halides is 3. The van der Waals surface area contributed by atoms with E-state index in [9.17, 15) is 23.1 Å². The Labute approximate surface area is 205 Å². The Morgan fingerprint density at radius 2 is 1.58 bits per heavy atom. The Kier molecular flexibility index (Phi) is 5.98. The van der Waals surface area contributed by atoms with Crippen LogP contribution in [0.3, 0.4) is 0 Å². The summed E-state index contributed by atoms with van der Waals surface area (Å²) < 4.78 is 40.7. The fourth-order valence-electron chi connectivity index (χ4n) is 4.18. The normalized spacial score (nSPS) is 11.5. The summed E-state index contributed by atoms with van der Waals surface area (Å²) in [5.41, 5.74) is 4.81. The molecule has 7 heteroatoms. The van der Waals surface area contributed by atoms with Crippen LogP contribution in [0.1, 0.15) is 21.5 Å². The number of nitrogens with one attached hydrogen (secondary N) is 1. The third-order valence-corrected chi connectivity index (χ3v) is 6.03. The number of carbonyl (C=O) groups is 1. The number of rotatable bonds is 6. The molecule has 0 saturated carbocycles. The maximum absolute atomic E-state index is 12.9. The third kappa shape index (κ3) is 4.81. The van der Waals surface area contributed by atoms with Crippen LogP contribution in [0.2, 0.25) is 0 Å². The van der Waals surface area contributed by atoms with Gasteiger partial charge in [-0.05, 0) is 77.4 Å². The lowest BCUT2D eigenvalue weighted by Crippen LogP contribution is -2.03. The van der Waals surface area contributed by atoms with Crippen LogP contribution in [0, 0.1) is 0 Å². The topological polar surface area (TPSA) is 54.3 Å². The first-order valence-electron chi connectivity index (χ1n) is 11.2. The van der Waals surface area contributed by atoms with Crippen molar-refractivity contribution in [3.05, 3.63) is 120 Å². The zero-order chi connectivity index (χ0) is 25.3. The zero-order valence-electron chi connectivity index (χ0n) is 19.0. The van der Waals surface area contributed by atoms with Gasteiger partial charge in [0.1, 0.15) is 0 Å². The van der Waals surface area contributed by atoms with E-state index in [4.69, 9.17) is 0 Å². The van der Waals surface area contributed by atoms with Crippen LogP contribution in [0.5, 0.6) is 0 Å². The number of fused-ring (bicyclic) bond motifs is 1. The maximum atomic E-state index is 12.9. The highest BCUT2D eigenvalue weighted by molar-refractivity contribution is 5.89. The first kappa shape index (κ1) is 23.2. The number of hydrogen-bond donors (Lipinski definition) is 2. The average Bonchev–Trinajstić information content (AvgIpc) is 3.31. The molecule has 5 rings (SSSR count). The molecule has 0 aliphatic rings. The molecule has 0 amide bonds. The average molecular weight is 486 g/mol. The zero-order valence-corrected chi connectivity index (χ0v) is 19.0. The third-order valence-electron chi connectivity index (χ3n) is 6.03. The molecule has 1 aromatic heterocycles. The van der Waals surface area contributed by atoms with Gasteiger partial charge in [-0.2, -0.15) is 13.2 Å². The molecule has 0 aliphatic carbocycles. The van der Waals surface area contributed by atoms with E-state index in [0.29, 0.717) is 6.54 Å². The molecule has 180 valence electrons. The number of benzene rings is 4. The summed E-state index contributed by atoms with van der Waals surface area (Å²) in [5, 5.41) is 13.4. The van der Waals surface area contributed by atoms with Crippen LogP contribution in [-0.4, -0.2) is 15.6 Å². The number of aromatic nitrogens is 1. The smallest absolute Gasteiger partial charge is 0.416 e. The summed E-state index contributed by atoms with van der Waals surface area (Å²) in [4.78, 5) is 11.2. The van der Waals surface area contributed by atoms with Gasteiger partial charge in [0.15, 0.2) is 0 Å². The van der Waals surface area contributed by atoms with Crippen molar-refractivity contribution < 1.29 is 23.1 Å².